The Bertz CT molecular complexity index is 914. The standard InChI is InChI=1S/C19H19N3O4S/c1-4-11-25-21-14-9-12-24-15-6-7-16(13(3)18(14)15)27-19(23)26-17-8-10-20-22(17)5-2/h1,6-10,21H,5,11-12H2,2-3H3. The van der Waals surface area contributed by atoms with E-state index in [2.05, 4.69) is 16.5 Å². The third-order valence-corrected chi connectivity index (χ3v) is 4.78. The molecule has 0 spiro atoms. The second-order valence-corrected chi connectivity index (χ2v) is 6.50. The van der Waals surface area contributed by atoms with Gasteiger partial charge in [-0.15, -0.1) is 6.42 Å². The number of fused-ring (bicyclic) bond motifs is 1. The molecule has 0 amide bonds. The number of hydrogen-bond acceptors (Lipinski definition) is 7. The summed E-state index contributed by atoms with van der Waals surface area (Å²) in [5, 5.41) is 3.65. The third-order valence-electron chi connectivity index (χ3n) is 3.87. The Morgan fingerprint density at radius 2 is 2.33 bits per heavy atom. The molecular weight excluding hydrogens is 366 g/mol. The normalized spacial score (nSPS) is 12.4. The van der Waals surface area contributed by atoms with Crippen LogP contribution in [0.2, 0.25) is 0 Å². The molecule has 0 atom stereocenters. The maximum Gasteiger partial charge on any atom is 0.378 e. The largest absolute Gasteiger partial charge is 0.489 e. The van der Waals surface area contributed by atoms with E-state index in [1.165, 1.54) is 0 Å². The van der Waals surface area contributed by atoms with E-state index in [0.29, 0.717) is 24.8 Å². The Morgan fingerprint density at radius 1 is 1.48 bits per heavy atom. The molecule has 8 heteroatoms. The van der Waals surface area contributed by atoms with Crippen LogP contribution in [0.25, 0.3) is 5.70 Å². The van der Waals surface area contributed by atoms with Crippen LogP contribution in [0.1, 0.15) is 18.1 Å². The van der Waals surface area contributed by atoms with Gasteiger partial charge in [0.15, 0.2) is 0 Å². The highest BCUT2D eigenvalue weighted by Crippen LogP contribution is 2.37. The fourth-order valence-electron chi connectivity index (χ4n) is 2.64. The van der Waals surface area contributed by atoms with E-state index in [1.54, 1.807) is 16.9 Å². The first-order chi connectivity index (χ1) is 13.1. The van der Waals surface area contributed by atoms with Gasteiger partial charge in [0.1, 0.15) is 19.0 Å². The van der Waals surface area contributed by atoms with E-state index in [0.717, 1.165) is 33.5 Å². The van der Waals surface area contributed by atoms with Gasteiger partial charge in [0.2, 0.25) is 5.88 Å². The first kappa shape index (κ1) is 18.9. The van der Waals surface area contributed by atoms with Gasteiger partial charge in [-0.1, -0.05) is 5.92 Å². The Morgan fingerprint density at radius 3 is 3.11 bits per heavy atom. The summed E-state index contributed by atoms with van der Waals surface area (Å²) in [6.45, 7) is 5.01. The van der Waals surface area contributed by atoms with Crippen molar-refractivity contribution in [1.29, 1.82) is 0 Å². The van der Waals surface area contributed by atoms with E-state index in [9.17, 15) is 4.79 Å². The minimum Gasteiger partial charge on any atom is -0.489 e. The average molecular weight is 385 g/mol. The molecular formula is C19H19N3O4S. The van der Waals surface area contributed by atoms with Crippen molar-refractivity contribution in [3.05, 3.63) is 41.6 Å². The Balaban J connectivity index is 1.78. The summed E-state index contributed by atoms with van der Waals surface area (Å²) in [4.78, 5) is 18.3. The number of ether oxygens (including phenoxy) is 2. The summed E-state index contributed by atoms with van der Waals surface area (Å²) in [5.74, 6) is 3.53. The molecule has 3 rings (SSSR count). The van der Waals surface area contributed by atoms with Gasteiger partial charge in [0, 0.05) is 23.1 Å². The maximum absolute atomic E-state index is 12.4. The summed E-state index contributed by atoms with van der Waals surface area (Å²) < 4.78 is 12.7. The van der Waals surface area contributed by atoms with Crippen molar-refractivity contribution in [2.75, 3.05) is 13.2 Å². The molecule has 1 aliphatic heterocycles. The number of nitrogens with zero attached hydrogens (tertiary/aromatic N) is 2. The van der Waals surface area contributed by atoms with Crippen molar-refractivity contribution in [2.24, 2.45) is 0 Å². The number of terminal acetylenes is 1. The lowest BCUT2D eigenvalue weighted by Gasteiger charge is -2.22. The second kappa shape index (κ2) is 8.66. The number of hydrogen-bond donors (Lipinski definition) is 1. The minimum atomic E-state index is -0.438. The summed E-state index contributed by atoms with van der Waals surface area (Å²) in [5.41, 5.74) is 5.31. The number of aryl methyl sites for hydroxylation is 1. The molecule has 7 nitrogen and oxygen atoms in total. The lowest BCUT2D eigenvalue weighted by molar-refractivity contribution is 0.106. The number of benzene rings is 1. The van der Waals surface area contributed by atoms with Crippen molar-refractivity contribution in [3.63, 3.8) is 0 Å². The Labute approximate surface area is 161 Å². The lowest BCUT2D eigenvalue weighted by atomic mass is 10.0. The average Bonchev–Trinajstić information content (AvgIpc) is 3.11. The first-order valence-electron chi connectivity index (χ1n) is 8.33. The van der Waals surface area contributed by atoms with Gasteiger partial charge in [0.05, 0.1) is 11.9 Å². The van der Waals surface area contributed by atoms with Crippen molar-refractivity contribution in [2.45, 2.75) is 25.3 Å². The van der Waals surface area contributed by atoms with E-state index in [4.69, 9.17) is 20.7 Å². The van der Waals surface area contributed by atoms with Gasteiger partial charge in [-0.05, 0) is 49.4 Å². The van der Waals surface area contributed by atoms with E-state index in [-0.39, 0.29) is 6.61 Å². The number of aromatic nitrogens is 2. The summed E-state index contributed by atoms with van der Waals surface area (Å²) in [7, 11) is 0. The van der Waals surface area contributed by atoms with Crippen LogP contribution in [0.4, 0.5) is 4.79 Å². The predicted molar refractivity (Wildman–Crippen MR) is 102 cm³/mol. The number of nitrogens with one attached hydrogen (secondary N) is 1. The molecule has 0 aliphatic carbocycles. The molecule has 140 valence electrons. The molecule has 2 heterocycles. The summed E-state index contributed by atoms with van der Waals surface area (Å²) >= 11 is 1.00. The molecule has 0 radical (unpaired) electrons. The molecule has 27 heavy (non-hydrogen) atoms. The van der Waals surface area contributed by atoms with Crippen molar-refractivity contribution in [3.8, 4) is 24.0 Å². The van der Waals surface area contributed by atoms with E-state index in [1.807, 2.05) is 32.1 Å². The van der Waals surface area contributed by atoms with Crippen LogP contribution in [0, 0.1) is 19.3 Å². The summed E-state index contributed by atoms with van der Waals surface area (Å²) in [6.07, 6.45) is 8.66. The van der Waals surface area contributed by atoms with E-state index >= 15 is 0 Å². The van der Waals surface area contributed by atoms with Crippen LogP contribution in [0.15, 0.2) is 35.4 Å². The summed E-state index contributed by atoms with van der Waals surface area (Å²) in [6, 6.07) is 5.32. The van der Waals surface area contributed by atoms with Gasteiger partial charge in [0.25, 0.3) is 0 Å². The molecule has 0 bridgehead atoms. The molecule has 0 fully saturated rings. The highest BCUT2D eigenvalue weighted by atomic mass is 32.2. The number of hydroxylamine groups is 1. The molecule has 0 unspecified atom stereocenters. The topological polar surface area (TPSA) is 74.6 Å². The number of thioether (sulfide) groups is 1. The number of carbonyl (C=O) groups excluding carboxylic acids is 1. The van der Waals surface area contributed by atoms with Crippen LogP contribution in [0.5, 0.6) is 11.6 Å². The second-order valence-electron chi connectivity index (χ2n) is 5.52. The molecule has 0 saturated carbocycles. The first-order valence-corrected chi connectivity index (χ1v) is 9.15. The van der Waals surface area contributed by atoms with Gasteiger partial charge >= 0.3 is 5.30 Å². The van der Waals surface area contributed by atoms with Gasteiger partial charge in [-0.25, -0.2) is 9.48 Å². The molecule has 1 aromatic heterocycles. The number of rotatable bonds is 6. The smallest absolute Gasteiger partial charge is 0.378 e. The maximum atomic E-state index is 12.4. The van der Waals surface area contributed by atoms with E-state index < -0.39 is 5.30 Å². The highest BCUT2D eigenvalue weighted by molar-refractivity contribution is 8.13. The van der Waals surface area contributed by atoms with Crippen molar-refractivity contribution < 1.29 is 19.1 Å². The molecule has 1 aromatic carbocycles. The fraction of sp³-hybridized carbons (Fsp3) is 0.263. The molecule has 0 saturated heterocycles. The van der Waals surface area contributed by atoms with Crippen molar-refractivity contribution in [1.82, 2.24) is 15.3 Å². The predicted octanol–water partition coefficient (Wildman–Crippen LogP) is 3.39. The third kappa shape index (κ3) is 4.27. The monoisotopic (exact) mass is 385 g/mol. The van der Waals surface area contributed by atoms with Crippen LogP contribution in [-0.2, 0) is 11.4 Å². The van der Waals surface area contributed by atoms with Crippen LogP contribution in [0.3, 0.4) is 0 Å². The SMILES string of the molecule is C#CCONC1=CCOc2ccc(SC(=O)Oc3ccnn3CC)c(C)c21. The zero-order chi connectivity index (χ0) is 19.2. The van der Waals surface area contributed by atoms with Crippen LogP contribution >= 0.6 is 11.8 Å². The van der Waals surface area contributed by atoms with Gasteiger partial charge < -0.3 is 9.47 Å². The fourth-order valence-corrected chi connectivity index (χ4v) is 3.34. The Hall–Kier alpha value is -2.89. The van der Waals surface area contributed by atoms with Gasteiger partial charge in [-0.2, -0.15) is 5.10 Å². The molecule has 2 aromatic rings. The van der Waals surface area contributed by atoms with Crippen LogP contribution in [-0.4, -0.2) is 28.3 Å². The van der Waals surface area contributed by atoms with Gasteiger partial charge in [-0.3, -0.25) is 10.3 Å². The lowest BCUT2D eigenvalue weighted by Crippen LogP contribution is -2.19. The zero-order valence-electron chi connectivity index (χ0n) is 15.0. The quantitative estimate of drug-likeness (QED) is 0.269. The molecule has 1 N–H and O–H groups in total. The Kier molecular flexibility index (Phi) is 6.06. The van der Waals surface area contributed by atoms with Crippen LogP contribution < -0.4 is 15.0 Å². The highest BCUT2D eigenvalue weighted by Gasteiger charge is 2.21. The molecule has 1 aliphatic rings. The number of carbonyl (C=O) groups is 1. The van der Waals surface area contributed by atoms with Crippen molar-refractivity contribution >= 4 is 22.8 Å². The minimum absolute atomic E-state index is 0.137. The zero-order valence-corrected chi connectivity index (χ0v) is 15.8.